The van der Waals surface area contributed by atoms with Crippen molar-refractivity contribution in [2.24, 2.45) is 0 Å². The minimum absolute atomic E-state index is 0.643. The molecule has 0 radical (unpaired) electrons. The smallest absolute Gasteiger partial charge is 0.129 e. The number of aromatic nitrogens is 1. The number of anilines is 1. The summed E-state index contributed by atoms with van der Waals surface area (Å²) in [5, 5.41) is 0. The summed E-state index contributed by atoms with van der Waals surface area (Å²) in [7, 11) is 0. The molecule has 0 spiro atoms. The van der Waals surface area contributed by atoms with Crippen LogP contribution in [0.25, 0.3) is 0 Å². The van der Waals surface area contributed by atoms with Gasteiger partial charge in [0.1, 0.15) is 4.60 Å². The molecule has 0 bridgehead atoms. The molecule has 3 heteroatoms. The first-order valence-corrected chi connectivity index (χ1v) is 5.95. The Kier molecular flexibility index (Phi) is 3.06. The molecule has 0 saturated carbocycles. The molecule has 0 N–H and O–H groups in total. The summed E-state index contributed by atoms with van der Waals surface area (Å²) in [4.78, 5) is 6.71. The van der Waals surface area contributed by atoms with Crippen molar-refractivity contribution in [2.75, 3.05) is 11.4 Å². The molecule has 0 amide bonds. The van der Waals surface area contributed by atoms with E-state index in [9.17, 15) is 0 Å². The van der Waals surface area contributed by atoms with Crippen molar-refractivity contribution in [3.05, 3.63) is 22.9 Å². The van der Waals surface area contributed by atoms with Crippen molar-refractivity contribution in [3.8, 4) is 0 Å². The summed E-state index contributed by atoms with van der Waals surface area (Å²) >= 11 is 3.51. The lowest BCUT2D eigenvalue weighted by Crippen LogP contribution is -2.37. The molecule has 2 nitrogen and oxygen atoms in total. The maximum absolute atomic E-state index is 4.26. The van der Waals surface area contributed by atoms with Gasteiger partial charge in [-0.15, -0.1) is 0 Å². The fraction of sp³-hybridized carbons (Fsp3) is 0.545. The van der Waals surface area contributed by atoms with Gasteiger partial charge in [-0.05, 0) is 54.2 Å². The predicted molar refractivity (Wildman–Crippen MR) is 62.6 cm³/mol. The topological polar surface area (TPSA) is 16.1 Å². The molecular weight excluding hydrogens is 240 g/mol. The van der Waals surface area contributed by atoms with Gasteiger partial charge in [-0.1, -0.05) is 0 Å². The number of piperidine rings is 1. The first kappa shape index (κ1) is 9.97. The zero-order valence-corrected chi connectivity index (χ0v) is 10.00. The fourth-order valence-electron chi connectivity index (χ4n) is 2.05. The van der Waals surface area contributed by atoms with E-state index in [2.05, 4.69) is 38.8 Å². The average Bonchev–Trinajstić information content (AvgIpc) is 2.20. The molecule has 1 aromatic heterocycles. The first-order valence-electron chi connectivity index (χ1n) is 5.16. The monoisotopic (exact) mass is 254 g/mol. The number of pyridine rings is 1. The molecule has 2 heterocycles. The first-order chi connectivity index (χ1) is 6.79. The minimum Gasteiger partial charge on any atom is -0.367 e. The summed E-state index contributed by atoms with van der Waals surface area (Å²) in [6, 6.07) is 4.78. The molecule has 2 rings (SSSR count). The molecule has 1 fully saturated rings. The van der Waals surface area contributed by atoms with E-state index in [0.717, 1.165) is 11.1 Å². The Balaban J connectivity index is 2.25. The Hall–Kier alpha value is -0.570. The van der Waals surface area contributed by atoms with Crippen molar-refractivity contribution in [1.29, 1.82) is 0 Å². The van der Waals surface area contributed by atoms with E-state index >= 15 is 0 Å². The molecule has 1 unspecified atom stereocenters. The predicted octanol–water partition coefficient (Wildman–Crippen LogP) is 3.22. The second-order valence-electron chi connectivity index (χ2n) is 3.85. The van der Waals surface area contributed by atoms with Gasteiger partial charge in [-0.3, -0.25) is 0 Å². The van der Waals surface area contributed by atoms with Crippen LogP contribution in [0.3, 0.4) is 0 Å². The molecule has 1 aromatic rings. The third-order valence-electron chi connectivity index (χ3n) is 2.85. The zero-order chi connectivity index (χ0) is 9.97. The summed E-state index contributed by atoms with van der Waals surface area (Å²) in [6.45, 7) is 3.45. The number of hydrogen-bond acceptors (Lipinski definition) is 2. The summed E-state index contributed by atoms with van der Waals surface area (Å²) in [5.41, 5.74) is 1.24. The van der Waals surface area contributed by atoms with Gasteiger partial charge < -0.3 is 4.90 Å². The minimum atomic E-state index is 0.643. The van der Waals surface area contributed by atoms with Gasteiger partial charge in [0.05, 0.1) is 5.69 Å². The van der Waals surface area contributed by atoms with Crippen molar-refractivity contribution in [3.63, 3.8) is 0 Å². The highest BCUT2D eigenvalue weighted by Gasteiger charge is 2.20. The zero-order valence-electron chi connectivity index (χ0n) is 8.41. The highest BCUT2D eigenvalue weighted by Crippen LogP contribution is 2.29. The van der Waals surface area contributed by atoms with Gasteiger partial charge in [0, 0.05) is 18.8 Å². The van der Waals surface area contributed by atoms with E-state index < -0.39 is 0 Å². The van der Waals surface area contributed by atoms with Crippen LogP contribution >= 0.6 is 15.9 Å². The summed E-state index contributed by atoms with van der Waals surface area (Å²) < 4.78 is 0.966. The second kappa shape index (κ2) is 4.30. The van der Waals surface area contributed by atoms with Crippen LogP contribution in [0.1, 0.15) is 26.2 Å². The largest absolute Gasteiger partial charge is 0.367 e. The van der Waals surface area contributed by atoms with E-state index in [1.165, 1.54) is 24.9 Å². The van der Waals surface area contributed by atoms with Gasteiger partial charge in [-0.2, -0.15) is 0 Å². The standard InChI is InChI=1S/C11H15BrN2/c1-9-5-2-3-8-14(9)10-6-4-7-13-11(10)12/h4,6-7,9H,2-3,5,8H2,1H3. The van der Waals surface area contributed by atoms with Crippen LogP contribution in [0, 0.1) is 0 Å². The van der Waals surface area contributed by atoms with E-state index in [-0.39, 0.29) is 0 Å². The Bertz CT molecular complexity index is 314. The van der Waals surface area contributed by atoms with Crippen LogP contribution in [0.4, 0.5) is 5.69 Å². The lowest BCUT2D eigenvalue weighted by molar-refractivity contribution is 0.484. The number of nitrogens with zero attached hydrogens (tertiary/aromatic N) is 2. The van der Waals surface area contributed by atoms with Crippen LogP contribution in [-0.2, 0) is 0 Å². The SMILES string of the molecule is CC1CCCCN1c1cccnc1Br. The molecular formula is C11H15BrN2. The number of hydrogen-bond donors (Lipinski definition) is 0. The van der Waals surface area contributed by atoms with Gasteiger partial charge in [0.25, 0.3) is 0 Å². The van der Waals surface area contributed by atoms with E-state index in [4.69, 9.17) is 0 Å². The van der Waals surface area contributed by atoms with Crippen LogP contribution < -0.4 is 4.90 Å². The van der Waals surface area contributed by atoms with Gasteiger partial charge >= 0.3 is 0 Å². The number of halogens is 1. The van der Waals surface area contributed by atoms with Gasteiger partial charge in [0.2, 0.25) is 0 Å². The lowest BCUT2D eigenvalue weighted by atomic mass is 10.0. The van der Waals surface area contributed by atoms with Crippen LogP contribution in [0.5, 0.6) is 0 Å². The molecule has 1 atom stereocenters. The molecule has 1 saturated heterocycles. The molecule has 0 aromatic carbocycles. The Morgan fingerprint density at radius 3 is 3.07 bits per heavy atom. The van der Waals surface area contributed by atoms with Gasteiger partial charge in [0.15, 0.2) is 0 Å². The van der Waals surface area contributed by atoms with Crippen molar-refractivity contribution < 1.29 is 0 Å². The van der Waals surface area contributed by atoms with E-state index in [1.54, 1.807) is 0 Å². The van der Waals surface area contributed by atoms with Crippen molar-refractivity contribution in [1.82, 2.24) is 4.98 Å². The highest BCUT2D eigenvalue weighted by molar-refractivity contribution is 9.10. The van der Waals surface area contributed by atoms with Crippen LogP contribution in [0.2, 0.25) is 0 Å². The number of rotatable bonds is 1. The second-order valence-corrected chi connectivity index (χ2v) is 4.60. The van der Waals surface area contributed by atoms with E-state index in [1.807, 2.05) is 12.3 Å². The fourth-order valence-corrected chi connectivity index (χ4v) is 2.53. The van der Waals surface area contributed by atoms with Crippen molar-refractivity contribution in [2.45, 2.75) is 32.2 Å². The maximum Gasteiger partial charge on any atom is 0.129 e. The van der Waals surface area contributed by atoms with Crippen LogP contribution in [0.15, 0.2) is 22.9 Å². The van der Waals surface area contributed by atoms with Crippen molar-refractivity contribution >= 4 is 21.6 Å². The third kappa shape index (κ3) is 1.92. The Morgan fingerprint density at radius 1 is 1.50 bits per heavy atom. The Labute approximate surface area is 93.5 Å². The Morgan fingerprint density at radius 2 is 2.36 bits per heavy atom. The third-order valence-corrected chi connectivity index (χ3v) is 3.46. The average molecular weight is 255 g/mol. The normalized spacial score (nSPS) is 22.4. The van der Waals surface area contributed by atoms with Crippen LogP contribution in [-0.4, -0.2) is 17.6 Å². The quantitative estimate of drug-likeness (QED) is 0.716. The molecule has 0 aliphatic carbocycles. The van der Waals surface area contributed by atoms with E-state index in [0.29, 0.717) is 6.04 Å². The van der Waals surface area contributed by atoms with Gasteiger partial charge in [-0.25, -0.2) is 4.98 Å². The summed E-state index contributed by atoms with van der Waals surface area (Å²) in [6.07, 6.45) is 5.77. The molecule has 1 aliphatic heterocycles. The maximum atomic E-state index is 4.26. The molecule has 1 aliphatic rings. The molecule has 76 valence electrons. The summed E-state index contributed by atoms with van der Waals surface area (Å²) in [5.74, 6) is 0. The molecule has 14 heavy (non-hydrogen) atoms. The highest BCUT2D eigenvalue weighted by atomic mass is 79.9. The lowest BCUT2D eigenvalue weighted by Gasteiger charge is -2.35.